The van der Waals surface area contributed by atoms with Gasteiger partial charge >= 0.3 is 0 Å². The largest absolute Gasteiger partial charge is 0.495 e. The van der Waals surface area contributed by atoms with Gasteiger partial charge in [-0.25, -0.2) is 0 Å². The van der Waals surface area contributed by atoms with Crippen LogP contribution in [0.15, 0.2) is 47.6 Å². The number of hydrogen-bond acceptors (Lipinski definition) is 6. The Hall–Kier alpha value is -2.89. The minimum Gasteiger partial charge on any atom is -0.495 e. The third-order valence-corrected chi connectivity index (χ3v) is 4.54. The second-order valence-electron chi connectivity index (χ2n) is 6.20. The van der Waals surface area contributed by atoms with Crippen LogP contribution in [0.5, 0.6) is 17.2 Å². The lowest BCUT2D eigenvalue weighted by Gasteiger charge is -2.35. The molecule has 0 unspecified atom stereocenters. The van der Waals surface area contributed by atoms with E-state index in [1.807, 2.05) is 49.5 Å². The molecule has 2 aromatic rings. The summed E-state index contributed by atoms with van der Waals surface area (Å²) in [5.74, 6) is 2.39. The molecule has 6 heteroatoms. The molecule has 2 aromatic carbocycles. The van der Waals surface area contributed by atoms with E-state index in [9.17, 15) is 0 Å². The maximum atomic E-state index is 5.55. The number of methoxy groups -OCH3 is 2. The van der Waals surface area contributed by atoms with Crippen LogP contribution in [-0.4, -0.2) is 58.2 Å². The van der Waals surface area contributed by atoms with Crippen molar-refractivity contribution in [1.82, 2.24) is 5.01 Å². The van der Waals surface area contributed by atoms with Gasteiger partial charge in [-0.3, -0.25) is 5.01 Å². The zero-order valence-corrected chi connectivity index (χ0v) is 16.2. The van der Waals surface area contributed by atoms with Gasteiger partial charge in [-0.1, -0.05) is 12.1 Å². The fraction of sp³-hybridized carbons (Fsp3) is 0.381. The summed E-state index contributed by atoms with van der Waals surface area (Å²) in [5, 5.41) is 6.72. The van der Waals surface area contributed by atoms with Gasteiger partial charge in [0.05, 0.1) is 45.8 Å². The summed E-state index contributed by atoms with van der Waals surface area (Å²) in [6.45, 7) is 6.11. The quantitative estimate of drug-likeness (QED) is 0.701. The van der Waals surface area contributed by atoms with E-state index in [-0.39, 0.29) is 0 Å². The Labute approximate surface area is 160 Å². The molecule has 1 fully saturated rings. The number of anilines is 1. The molecule has 0 amide bonds. The summed E-state index contributed by atoms with van der Waals surface area (Å²) >= 11 is 0. The number of benzene rings is 2. The molecule has 0 atom stereocenters. The summed E-state index contributed by atoms with van der Waals surface area (Å²) in [6, 6.07) is 14.0. The van der Waals surface area contributed by atoms with Crippen molar-refractivity contribution in [3.63, 3.8) is 0 Å². The maximum absolute atomic E-state index is 5.55. The molecule has 0 bridgehead atoms. The highest BCUT2D eigenvalue weighted by Crippen LogP contribution is 2.29. The zero-order chi connectivity index (χ0) is 19.1. The summed E-state index contributed by atoms with van der Waals surface area (Å²) in [5.41, 5.74) is 2.13. The minimum atomic E-state index is 0.611. The van der Waals surface area contributed by atoms with Crippen molar-refractivity contribution in [3.05, 3.63) is 48.0 Å². The van der Waals surface area contributed by atoms with E-state index < -0.39 is 0 Å². The molecule has 27 heavy (non-hydrogen) atoms. The first kappa shape index (κ1) is 18.9. The Morgan fingerprint density at radius 3 is 2.37 bits per heavy atom. The van der Waals surface area contributed by atoms with Gasteiger partial charge in [0.1, 0.15) is 5.75 Å². The van der Waals surface area contributed by atoms with Crippen molar-refractivity contribution < 1.29 is 14.2 Å². The minimum absolute atomic E-state index is 0.611. The highest BCUT2D eigenvalue weighted by molar-refractivity contribution is 5.80. The number of nitrogens with zero attached hydrogens (tertiary/aromatic N) is 3. The fourth-order valence-electron chi connectivity index (χ4n) is 3.13. The predicted molar refractivity (Wildman–Crippen MR) is 109 cm³/mol. The lowest BCUT2D eigenvalue weighted by molar-refractivity contribution is 0.271. The van der Waals surface area contributed by atoms with Gasteiger partial charge in [0, 0.05) is 13.1 Å². The SMILES string of the molecule is CCOc1ccc(/C=N\N2CCN(c3ccccc3OC)CC2)cc1OC. The molecule has 0 N–H and O–H groups in total. The third kappa shape index (κ3) is 4.64. The predicted octanol–water partition coefficient (Wildman–Crippen LogP) is 3.26. The maximum Gasteiger partial charge on any atom is 0.161 e. The fourth-order valence-corrected chi connectivity index (χ4v) is 3.13. The van der Waals surface area contributed by atoms with E-state index in [1.54, 1.807) is 14.2 Å². The van der Waals surface area contributed by atoms with Gasteiger partial charge in [0.25, 0.3) is 0 Å². The molecule has 0 saturated carbocycles. The first-order valence-corrected chi connectivity index (χ1v) is 9.23. The summed E-state index contributed by atoms with van der Waals surface area (Å²) < 4.78 is 16.4. The first-order valence-electron chi connectivity index (χ1n) is 9.23. The average molecular weight is 369 g/mol. The zero-order valence-electron chi connectivity index (χ0n) is 16.2. The monoisotopic (exact) mass is 369 g/mol. The molecule has 0 aromatic heterocycles. The van der Waals surface area contributed by atoms with E-state index in [0.717, 1.165) is 54.7 Å². The second kappa shape index (κ2) is 9.16. The van der Waals surface area contributed by atoms with E-state index in [2.05, 4.69) is 21.1 Å². The number of hydrogen-bond donors (Lipinski definition) is 0. The van der Waals surface area contributed by atoms with Gasteiger partial charge in [-0.2, -0.15) is 5.10 Å². The van der Waals surface area contributed by atoms with Crippen molar-refractivity contribution in [1.29, 1.82) is 0 Å². The Bertz CT molecular complexity index is 771. The Morgan fingerprint density at radius 1 is 0.926 bits per heavy atom. The van der Waals surface area contributed by atoms with Gasteiger partial charge in [0.2, 0.25) is 0 Å². The van der Waals surface area contributed by atoms with E-state index in [1.165, 1.54) is 0 Å². The van der Waals surface area contributed by atoms with Crippen molar-refractivity contribution in [2.75, 3.05) is 51.9 Å². The summed E-state index contributed by atoms with van der Waals surface area (Å²) in [6.07, 6.45) is 1.87. The lowest BCUT2D eigenvalue weighted by Crippen LogP contribution is -2.44. The Morgan fingerprint density at radius 2 is 1.67 bits per heavy atom. The van der Waals surface area contributed by atoms with Crippen molar-refractivity contribution >= 4 is 11.9 Å². The summed E-state index contributed by atoms with van der Waals surface area (Å²) in [7, 11) is 3.36. The van der Waals surface area contributed by atoms with Crippen molar-refractivity contribution in [3.8, 4) is 17.2 Å². The van der Waals surface area contributed by atoms with Crippen molar-refractivity contribution in [2.24, 2.45) is 5.10 Å². The molecule has 0 spiro atoms. The van der Waals surface area contributed by atoms with E-state index in [4.69, 9.17) is 14.2 Å². The van der Waals surface area contributed by atoms with Crippen LogP contribution in [0.25, 0.3) is 0 Å². The lowest BCUT2D eigenvalue weighted by atomic mass is 10.2. The number of ether oxygens (including phenoxy) is 3. The van der Waals surface area contributed by atoms with Crippen LogP contribution in [0.4, 0.5) is 5.69 Å². The molecule has 1 saturated heterocycles. The Balaban J connectivity index is 1.60. The molecule has 0 aliphatic carbocycles. The molecule has 1 aliphatic rings. The van der Waals surface area contributed by atoms with Crippen LogP contribution in [0.1, 0.15) is 12.5 Å². The van der Waals surface area contributed by atoms with Crippen LogP contribution in [0, 0.1) is 0 Å². The molecule has 1 aliphatic heterocycles. The molecular weight excluding hydrogens is 342 g/mol. The molecule has 6 nitrogen and oxygen atoms in total. The highest BCUT2D eigenvalue weighted by Gasteiger charge is 2.18. The number of para-hydroxylation sites is 2. The van der Waals surface area contributed by atoms with Crippen LogP contribution < -0.4 is 19.1 Å². The van der Waals surface area contributed by atoms with Crippen molar-refractivity contribution in [2.45, 2.75) is 6.92 Å². The van der Waals surface area contributed by atoms with Crippen LogP contribution in [0.2, 0.25) is 0 Å². The Kier molecular flexibility index (Phi) is 6.41. The smallest absolute Gasteiger partial charge is 0.161 e. The second-order valence-corrected chi connectivity index (χ2v) is 6.20. The van der Waals surface area contributed by atoms with Gasteiger partial charge in [-0.15, -0.1) is 0 Å². The number of hydrazone groups is 1. The average Bonchev–Trinajstić information content (AvgIpc) is 2.73. The standard InChI is InChI=1S/C21H27N3O3/c1-4-27-20-10-9-17(15-21(20)26-3)16-22-24-13-11-23(12-14-24)18-7-5-6-8-19(18)25-2/h5-10,15-16H,4,11-14H2,1-3H3/b22-16-. The normalized spacial score (nSPS) is 14.5. The topological polar surface area (TPSA) is 46.5 Å². The van der Waals surface area contributed by atoms with Crippen LogP contribution in [-0.2, 0) is 0 Å². The highest BCUT2D eigenvalue weighted by atomic mass is 16.5. The first-order chi connectivity index (χ1) is 13.2. The number of rotatable bonds is 7. The van der Waals surface area contributed by atoms with E-state index in [0.29, 0.717) is 6.61 Å². The van der Waals surface area contributed by atoms with Crippen LogP contribution in [0.3, 0.4) is 0 Å². The van der Waals surface area contributed by atoms with E-state index >= 15 is 0 Å². The molecular formula is C21H27N3O3. The van der Waals surface area contributed by atoms with Gasteiger partial charge < -0.3 is 19.1 Å². The van der Waals surface area contributed by atoms with Gasteiger partial charge in [0.15, 0.2) is 11.5 Å². The molecule has 0 radical (unpaired) electrons. The van der Waals surface area contributed by atoms with Crippen LogP contribution >= 0.6 is 0 Å². The van der Waals surface area contributed by atoms with Gasteiger partial charge in [-0.05, 0) is 42.8 Å². The third-order valence-electron chi connectivity index (χ3n) is 4.54. The molecule has 1 heterocycles. The number of piperazine rings is 1. The molecule has 3 rings (SSSR count). The molecule has 144 valence electrons. The summed E-state index contributed by atoms with van der Waals surface area (Å²) in [4.78, 5) is 2.34.